The van der Waals surface area contributed by atoms with Gasteiger partial charge < -0.3 is 19.7 Å². The summed E-state index contributed by atoms with van der Waals surface area (Å²) < 4.78 is 37.6. The molecule has 4 aromatic rings. The number of amides is 2. The van der Waals surface area contributed by atoms with Crippen molar-refractivity contribution in [2.45, 2.75) is 25.6 Å². The average molecular weight is 664 g/mol. The van der Waals surface area contributed by atoms with Crippen LogP contribution >= 0.6 is 11.6 Å². The van der Waals surface area contributed by atoms with Gasteiger partial charge in [-0.2, -0.15) is 4.31 Å². The van der Waals surface area contributed by atoms with Crippen LogP contribution in [-0.4, -0.2) is 63.0 Å². The summed E-state index contributed by atoms with van der Waals surface area (Å²) >= 11 is 6.13. The van der Waals surface area contributed by atoms with E-state index in [1.54, 1.807) is 80.9 Å². The fourth-order valence-electron chi connectivity index (χ4n) is 5.00. The lowest BCUT2D eigenvalue weighted by Gasteiger charge is -2.33. The van der Waals surface area contributed by atoms with Crippen molar-refractivity contribution >= 4 is 33.4 Å². The van der Waals surface area contributed by atoms with Crippen LogP contribution < -0.4 is 14.8 Å². The summed E-state index contributed by atoms with van der Waals surface area (Å²) in [6, 6.07) is 29.5. The number of benzene rings is 4. The molecule has 2 amide bonds. The SMILES string of the molecule is COc1ccc(CCNC(=O)C(c2ccccc2)N(Cc2ccc(Cl)cc2)C(=O)CN(Cc2ccccc2)S(C)(=O)=O)cc1OC. The van der Waals surface area contributed by atoms with E-state index in [9.17, 15) is 18.0 Å². The van der Waals surface area contributed by atoms with Gasteiger partial charge in [-0.05, 0) is 52.9 Å². The molecule has 4 rings (SSSR count). The van der Waals surface area contributed by atoms with Crippen LogP contribution in [0.3, 0.4) is 0 Å². The van der Waals surface area contributed by atoms with E-state index in [0.717, 1.165) is 27.3 Å². The van der Waals surface area contributed by atoms with E-state index < -0.39 is 34.4 Å². The van der Waals surface area contributed by atoms with E-state index in [-0.39, 0.29) is 19.6 Å². The van der Waals surface area contributed by atoms with Gasteiger partial charge in [0, 0.05) is 24.7 Å². The number of sulfonamides is 1. The molecule has 0 aliphatic rings. The monoisotopic (exact) mass is 663 g/mol. The van der Waals surface area contributed by atoms with Crippen LogP contribution in [0.25, 0.3) is 0 Å². The van der Waals surface area contributed by atoms with Crippen molar-refractivity contribution in [3.05, 3.63) is 130 Å². The highest BCUT2D eigenvalue weighted by atomic mass is 35.5. The Hall–Kier alpha value is -4.38. The van der Waals surface area contributed by atoms with E-state index >= 15 is 0 Å². The first-order valence-corrected chi connectivity index (χ1v) is 16.9. The van der Waals surface area contributed by atoms with E-state index in [1.165, 1.54) is 4.90 Å². The Morgan fingerprint density at radius 2 is 1.37 bits per heavy atom. The van der Waals surface area contributed by atoms with Crippen LogP contribution in [0.5, 0.6) is 11.5 Å². The first-order chi connectivity index (χ1) is 22.1. The highest BCUT2D eigenvalue weighted by Crippen LogP contribution is 2.28. The summed E-state index contributed by atoms with van der Waals surface area (Å²) in [5.41, 5.74) is 2.97. The Bertz CT molecular complexity index is 1700. The highest BCUT2D eigenvalue weighted by molar-refractivity contribution is 7.88. The van der Waals surface area contributed by atoms with Crippen LogP contribution in [-0.2, 0) is 39.1 Å². The predicted octanol–water partition coefficient (Wildman–Crippen LogP) is 5.25. The molecule has 0 aliphatic carbocycles. The van der Waals surface area contributed by atoms with Gasteiger partial charge in [0.2, 0.25) is 21.8 Å². The Morgan fingerprint density at radius 1 is 0.783 bits per heavy atom. The van der Waals surface area contributed by atoms with Gasteiger partial charge >= 0.3 is 0 Å². The van der Waals surface area contributed by atoms with Gasteiger partial charge in [-0.1, -0.05) is 90.5 Å². The summed E-state index contributed by atoms with van der Waals surface area (Å²) in [5.74, 6) is 0.258. The molecule has 1 atom stereocenters. The summed E-state index contributed by atoms with van der Waals surface area (Å²) in [5, 5.41) is 3.52. The molecule has 0 fully saturated rings. The van der Waals surface area contributed by atoms with Gasteiger partial charge in [-0.25, -0.2) is 8.42 Å². The third-order valence-corrected chi connectivity index (χ3v) is 8.85. The molecule has 0 aromatic heterocycles. The number of rotatable bonds is 15. The summed E-state index contributed by atoms with van der Waals surface area (Å²) in [7, 11) is -0.662. The molecule has 1 unspecified atom stereocenters. The second-order valence-electron chi connectivity index (χ2n) is 10.7. The number of nitrogens with zero attached hydrogens (tertiary/aromatic N) is 2. The molecule has 0 aliphatic heterocycles. The molecule has 1 N–H and O–H groups in total. The van der Waals surface area contributed by atoms with Crippen molar-refractivity contribution in [2.75, 3.05) is 33.6 Å². The van der Waals surface area contributed by atoms with Crippen molar-refractivity contribution < 1.29 is 27.5 Å². The maximum Gasteiger partial charge on any atom is 0.247 e. The van der Waals surface area contributed by atoms with Crippen molar-refractivity contribution in [1.82, 2.24) is 14.5 Å². The van der Waals surface area contributed by atoms with Gasteiger partial charge in [-0.15, -0.1) is 0 Å². The van der Waals surface area contributed by atoms with Gasteiger partial charge in [0.05, 0.1) is 27.0 Å². The third kappa shape index (κ3) is 9.56. The molecule has 242 valence electrons. The molecule has 11 heteroatoms. The van der Waals surface area contributed by atoms with Gasteiger partial charge in [0.15, 0.2) is 11.5 Å². The second kappa shape index (κ2) is 16.3. The fourth-order valence-corrected chi connectivity index (χ4v) is 5.85. The molecule has 9 nitrogen and oxygen atoms in total. The smallest absolute Gasteiger partial charge is 0.247 e. The molecule has 46 heavy (non-hydrogen) atoms. The predicted molar refractivity (Wildman–Crippen MR) is 179 cm³/mol. The molecular weight excluding hydrogens is 626 g/mol. The number of hydrogen-bond donors (Lipinski definition) is 1. The Kier molecular flexibility index (Phi) is 12.2. The van der Waals surface area contributed by atoms with Gasteiger partial charge in [0.1, 0.15) is 6.04 Å². The number of carbonyl (C=O) groups is 2. The first kappa shape index (κ1) is 34.5. The molecule has 4 aromatic carbocycles. The normalized spacial score (nSPS) is 11.9. The van der Waals surface area contributed by atoms with Crippen LogP contribution in [0.15, 0.2) is 103 Å². The molecular formula is C35H38ClN3O6S. The van der Waals surface area contributed by atoms with E-state index in [1.807, 2.05) is 36.4 Å². The average Bonchev–Trinajstić information content (AvgIpc) is 3.05. The van der Waals surface area contributed by atoms with Crippen molar-refractivity contribution in [2.24, 2.45) is 0 Å². The maximum absolute atomic E-state index is 14.2. The van der Waals surface area contributed by atoms with Crippen LogP contribution in [0.1, 0.15) is 28.3 Å². The Morgan fingerprint density at radius 3 is 1.98 bits per heavy atom. The van der Waals surface area contributed by atoms with E-state index in [0.29, 0.717) is 28.5 Å². The Labute approximate surface area is 275 Å². The lowest BCUT2D eigenvalue weighted by atomic mass is 10.0. The van der Waals surface area contributed by atoms with E-state index in [4.69, 9.17) is 21.1 Å². The first-order valence-electron chi connectivity index (χ1n) is 14.7. The lowest BCUT2D eigenvalue weighted by Crippen LogP contribution is -2.48. The zero-order valence-electron chi connectivity index (χ0n) is 26.1. The minimum atomic E-state index is -3.79. The second-order valence-corrected chi connectivity index (χ2v) is 13.1. The number of ether oxygens (including phenoxy) is 2. The number of carbonyl (C=O) groups excluding carboxylic acids is 2. The molecule has 0 saturated heterocycles. The van der Waals surface area contributed by atoms with Crippen molar-refractivity contribution in [3.8, 4) is 11.5 Å². The topological polar surface area (TPSA) is 105 Å². The van der Waals surface area contributed by atoms with Crippen molar-refractivity contribution in [3.63, 3.8) is 0 Å². The van der Waals surface area contributed by atoms with Crippen LogP contribution in [0.4, 0.5) is 0 Å². The number of nitrogens with one attached hydrogen (secondary N) is 1. The molecule has 0 spiro atoms. The summed E-state index contributed by atoms with van der Waals surface area (Å²) in [4.78, 5) is 29.6. The summed E-state index contributed by atoms with van der Waals surface area (Å²) in [6.07, 6.45) is 1.57. The van der Waals surface area contributed by atoms with Crippen molar-refractivity contribution in [1.29, 1.82) is 0 Å². The number of halogens is 1. The van der Waals surface area contributed by atoms with Gasteiger partial charge in [0.25, 0.3) is 0 Å². The minimum absolute atomic E-state index is 0.00766. The van der Waals surface area contributed by atoms with E-state index in [2.05, 4.69) is 5.32 Å². The zero-order valence-corrected chi connectivity index (χ0v) is 27.6. The fraction of sp³-hybridized carbons (Fsp3) is 0.257. The third-order valence-electron chi connectivity index (χ3n) is 7.41. The standard InChI is InChI=1S/C35H38ClN3O6S/c1-44-31-19-16-26(22-32(31)45-2)20-21-37-35(41)34(29-12-8-5-9-13-29)39(24-28-14-17-30(36)18-15-28)33(40)25-38(46(3,42)43)23-27-10-6-4-7-11-27/h4-19,22,34H,20-21,23-25H2,1-3H3,(H,37,41). The molecule has 0 saturated carbocycles. The Balaban J connectivity index is 1.64. The number of methoxy groups -OCH3 is 2. The quantitative estimate of drug-likeness (QED) is 0.186. The van der Waals surface area contributed by atoms with Gasteiger partial charge in [-0.3, -0.25) is 9.59 Å². The minimum Gasteiger partial charge on any atom is -0.493 e. The number of hydrogen-bond acceptors (Lipinski definition) is 6. The molecule has 0 radical (unpaired) electrons. The molecule has 0 heterocycles. The zero-order chi connectivity index (χ0) is 33.1. The molecule has 0 bridgehead atoms. The largest absolute Gasteiger partial charge is 0.493 e. The lowest BCUT2D eigenvalue weighted by molar-refractivity contribution is -0.141. The highest BCUT2D eigenvalue weighted by Gasteiger charge is 2.33. The summed E-state index contributed by atoms with van der Waals surface area (Å²) in [6.45, 7) is -0.122. The van der Waals surface area contributed by atoms with Crippen LogP contribution in [0.2, 0.25) is 5.02 Å². The maximum atomic E-state index is 14.2. The van der Waals surface area contributed by atoms with Crippen LogP contribution in [0, 0.1) is 0 Å².